The molecule has 16 heavy (non-hydrogen) atoms. The van der Waals surface area contributed by atoms with E-state index < -0.39 is 0 Å². The molecule has 4 heteroatoms. The predicted octanol–water partition coefficient (Wildman–Crippen LogP) is 2.81. The second-order valence-electron chi connectivity index (χ2n) is 5.93. The number of rotatable bonds is 6. The van der Waals surface area contributed by atoms with Crippen molar-refractivity contribution < 1.29 is 8.98 Å². The van der Waals surface area contributed by atoms with Crippen LogP contribution in [-0.4, -0.2) is 18.1 Å². The van der Waals surface area contributed by atoms with Crippen molar-refractivity contribution in [1.82, 2.24) is 5.32 Å². The molecular weight excluding hydrogens is 222 g/mol. The first kappa shape index (κ1) is 15.8. The van der Waals surface area contributed by atoms with Gasteiger partial charge in [0.05, 0.1) is 0 Å². The van der Waals surface area contributed by atoms with E-state index in [1.54, 1.807) is 0 Å². The molecule has 0 radical (unpaired) electrons. The van der Waals surface area contributed by atoms with Crippen LogP contribution < -0.4 is 5.32 Å². The fourth-order valence-corrected chi connectivity index (χ4v) is 2.01. The number of nitrogens with one attached hydrogen (secondary N) is 1. The molecule has 0 aromatic heterocycles. The smallest absolute Gasteiger partial charge is 0.247 e. The van der Waals surface area contributed by atoms with E-state index in [9.17, 15) is 4.79 Å². The summed E-state index contributed by atoms with van der Waals surface area (Å²) in [6, 6.07) is 0. The molecule has 0 spiro atoms. The van der Waals surface area contributed by atoms with Crippen LogP contribution in [0.5, 0.6) is 0 Å². The van der Waals surface area contributed by atoms with Gasteiger partial charge in [-0.1, -0.05) is 27.7 Å². The molecule has 0 saturated heterocycles. The molecule has 0 aromatic rings. The second-order valence-corrected chi connectivity index (χ2v) is 6.19. The van der Waals surface area contributed by atoms with Gasteiger partial charge in [-0.15, -0.1) is 0 Å². The summed E-state index contributed by atoms with van der Waals surface area (Å²) in [7, 11) is 0. The van der Waals surface area contributed by atoms with Crippen molar-refractivity contribution >= 4 is 18.8 Å². The van der Waals surface area contributed by atoms with Crippen molar-refractivity contribution in [2.24, 2.45) is 11.3 Å². The molecule has 0 atom stereocenters. The Bertz CT molecular complexity index is 237. The number of hydrogen-bond donors (Lipinski definition) is 2. The third-order valence-electron chi connectivity index (χ3n) is 3.26. The molecule has 0 aliphatic carbocycles. The molecule has 0 saturated carbocycles. The topological polar surface area (TPSA) is 38.3 Å². The molecule has 0 rings (SSSR count). The lowest BCUT2D eigenvalue weighted by Crippen LogP contribution is -2.54. The highest BCUT2D eigenvalue weighted by atomic mass is 32.1. The van der Waals surface area contributed by atoms with Crippen LogP contribution in [0.4, 0.5) is 0 Å². The third-order valence-corrected chi connectivity index (χ3v) is 3.39. The van der Waals surface area contributed by atoms with E-state index >= 15 is 0 Å². The summed E-state index contributed by atoms with van der Waals surface area (Å²) in [6.07, 6.45) is 1.06. The van der Waals surface area contributed by atoms with Crippen LogP contribution >= 0.6 is 12.9 Å². The van der Waals surface area contributed by atoms with Gasteiger partial charge >= 0.3 is 0 Å². The van der Waals surface area contributed by atoms with Crippen molar-refractivity contribution in [3.8, 4) is 0 Å². The van der Waals surface area contributed by atoms with Gasteiger partial charge in [-0.05, 0) is 44.5 Å². The monoisotopic (exact) mass is 247 g/mol. The fraction of sp³-hybridized carbons (Fsp3) is 0.917. The lowest BCUT2D eigenvalue weighted by molar-refractivity contribution is -0.126. The Kier molecular flexibility index (Phi) is 5.84. The number of carbonyl (C=O) groups excluding carboxylic acids is 1. The third kappa shape index (κ3) is 4.74. The van der Waals surface area contributed by atoms with Gasteiger partial charge in [0.25, 0.3) is 0 Å². The first-order valence-corrected chi connectivity index (χ1v) is 6.06. The van der Waals surface area contributed by atoms with Gasteiger partial charge in [0, 0.05) is 5.54 Å². The predicted molar refractivity (Wildman–Crippen MR) is 70.4 cm³/mol. The van der Waals surface area contributed by atoms with E-state index in [-0.39, 0.29) is 23.5 Å². The summed E-state index contributed by atoms with van der Waals surface area (Å²) in [5.74, 6) is 0.476. The Balaban J connectivity index is 4.56. The average molecular weight is 247 g/mol. The van der Waals surface area contributed by atoms with Crippen molar-refractivity contribution in [3.05, 3.63) is 0 Å². The van der Waals surface area contributed by atoms with Crippen molar-refractivity contribution in [1.29, 1.82) is 0 Å². The molecule has 96 valence electrons. The summed E-state index contributed by atoms with van der Waals surface area (Å²) in [4.78, 5) is 11.5. The zero-order valence-corrected chi connectivity index (χ0v) is 12.1. The Labute approximate surface area is 105 Å². The minimum atomic E-state index is -0.263. The molecule has 0 unspecified atom stereocenters. The van der Waals surface area contributed by atoms with E-state index in [2.05, 4.69) is 50.1 Å². The van der Waals surface area contributed by atoms with Gasteiger partial charge in [-0.3, -0.25) is 4.79 Å². The zero-order valence-electron chi connectivity index (χ0n) is 11.3. The molecule has 0 aliphatic heterocycles. The number of hydrogen-bond acceptors (Lipinski definition) is 3. The molecule has 1 N–H and O–H groups in total. The fourth-order valence-electron chi connectivity index (χ4n) is 1.89. The number of thiol groups is 1. The Morgan fingerprint density at radius 2 is 1.81 bits per heavy atom. The minimum Gasteiger partial charge on any atom is -0.349 e. The maximum absolute atomic E-state index is 11.5. The zero-order chi connectivity index (χ0) is 13.0. The van der Waals surface area contributed by atoms with Crippen molar-refractivity contribution in [3.63, 3.8) is 0 Å². The van der Waals surface area contributed by atoms with Gasteiger partial charge in [0.2, 0.25) is 5.91 Å². The number of amides is 1. The van der Waals surface area contributed by atoms with Crippen molar-refractivity contribution in [2.45, 2.75) is 53.5 Å². The van der Waals surface area contributed by atoms with E-state index in [0.717, 1.165) is 6.42 Å². The van der Waals surface area contributed by atoms with E-state index in [1.165, 1.54) is 0 Å². The molecule has 1 amide bonds. The maximum atomic E-state index is 11.5. The summed E-state index contributed by atoms with van der Waals surface area (Å²) in [5, 5.41) is 2.99. The lowest BCUT2D eigenvalue weighted by Gasteiger charge is -2.43. The van der Waals surface area contributed by atoms with Crippen LogP contribution in [-0.2, 0) is 8.98 Å². The molecule has 0 aromatic carbocycles. The molecular formula is C12H25NO2S. The highest BCUT2D eigenvalue weighted by Gasteiger charge is 2.38. The Morgan fingerprint density at radius 3 is 2.19 bits per heavy atom. The van der Waals surface area contributed by atoms with E-state index in [1.807, 2.05) is 13.8 Å². The molecule has 0 heterocycles. The summed E-state index contributed by atoms with van der Waals surface area (Å²) in [5.41, 5.74) is -0.228. The first-order chi connectivity index (χ1) is 7.12. The highest BCUT2D eigenvalue weighted by Crippen LogP contribution is 2.36. The summed E-state index contributed by atoms with van der Waals surface area (Å²) in [6.45, 7) is 12.8. The summed E-state index contributed by atoms with van der Waals surface area (Å²) < 4.78 is 4.53. The van der Waals surface area contributed by atoms with Gasteiger partial charge in [0.1, 0.15) is 6.61 Å². The Hall–Kier alpha value is -0.220. The van der Waals surface area contributed by atoms with Gasteiger partial charge < -0.3 is 9.50 Å². The normalized spacial score (nSPS) is 13.0. The van der Waals surface area contributed by atoms with Gasteiger partial charge in [-0.25, -0.2) is 0 Å². The van der Waals surface area contributed by atoms with Crippen LogP contribution in [0.2, 0.25) is 0 Å². The van der Waals surface area contributed by atoms with Crippen LogP contribution in [0.25, 0.3) is 0 Å². The minimum absolute atomic E-state index is 0.00962. The Morgan fingerprint density at radius 1 is 1.31 bits per heavy atom. The molecule has 0 bridgehead atoms. The molecule has 3 nitrogen and oxygen atoms in total. The average Bonchev–Trinajstić information content (AvgIpc) is 1.99. The molecule has 0 aliphatic rings. The second kappa shape index (κ2) is 5.92. The quantitative estimate of drug-likeness (QED) is 0.559. The lowest BCUT2D eigenvalue weighted by atomic mass is 9.69. The number of carbonyl (C=O) groups is 1. The maximum Gasteiger partial charge on any atom is 0.247 e. The SMILES string of the molecule is CC(C)CC(C)(C)C(C)(C)NC(=O)COS. The van der Waals surface area contributed by atoms with Crippen LogP contribution in [0.15, 0.2) is 0 Å². The van der Waals surface area contributed by atoms with Gasteiger partial charge in [0.15, 0.2) is 0 Å². The molecule has 0 fully saturated rings. The standard InChI is InChI=1S/C12H25NO2S/c1-9(2)7-11(3,4)12(5,6)13-10(14)8-15-16/h9,16H,7-8H2,1-6H3,(H,13,14). The largest absolute Gasteiger partial charge is 0.349 e. The van der Waals surface area contributed by atoms with E-state index in [4.69, 9.17) is 0 Å². The van der Waals surface area contributed by atoms with Crippen LogP contribution in [0, 0.1) is 11.3 Å². The van der Waals surface area contributed by atoms with E-state index in [0.29, 0.717) is 5.92 Å². The van der Waals surface area contributed by atoms with Crippen LogP contribution in [0.1, 0.15) is 48.0 Å². The van der Waals surface area contributed by atoms with Gasteiger partial charge in [-0.2, -0.15) is 0 Å². The highest BCUT2D eigenvalue weighted by molar-refractivity contribution is 7.75. The van der Waals surface area contributed by atoms with Crippen LogP contribution in [0.3, 0.4) is 0 Å². The van der Waals surface area contributed by atoms with Crippen molar-refractivity contribution in [2.75, 3.05) is 6.61 Å². The summed E-state index contributed by atoms with van der Waals surface area (Å²) >= 11 is 3.58. The first-order valence-electron chi connectivity index (χ1n) is 5.70.